The molecule has 0 saturated heterocycles. The molecule has 2 N–H and O–H groups in total. The Morgan fingerprint density at radius 1 is 1.25 bits per heavy atom. The molecule has 0 amide bonds. The van der Waals surface area contributed by atoms with Gasteiger partial charge < -0.3 is 10.4 Å². The normalized spacial score (nSPS) is 20.2. The lowest BCUT2D eigenvalue weighted by Crippen LogP contribution is -2.44. The number of likely N-dealkylation sites (N-methyl/N-ethyl adjacent to an activating group) is 2. The molecule has 0 aromatic rings. The van der Waals surface area contributed by atoms with Crippen LogP contribution in [0.2, 0.25) is 0 Å². The van der Waals surface area contributed by atoms with Crippen molar-refractivity contribution in [3.63, 3.8) is 0 Å². The van der Waals surface area contributed by atoms with Crippen LogP contribution in [-0.2, 0) is 0 Å². The summed E-state index contributed by atoms with van der Waals surface area (Å²) in [4.78, 5) is 2.46. The molecule has 0 heterocycles. The van der Waals surface area contributed by atoms with Gasteiger partial charge in [0.2, 0.25) is 0 Å². The number of rotatable bonds is 7. The van der Waals surface area contributed by atoms with Gasteiger partial charge in [0.25, 0.3) is 0 Å². The van der Waals surface area contributed by atoms with E-state index in [1.807, 2.05) is 0 Å². The van der Waals surface area contributed by atoms with Crippen LogP contribution < -0.4 is 5.32 Å². The minimum atomic E-state index is -0.221. The molecule has 1 atom stereocenters. The fourth-order valence-electron chi connectivity index (χ4n) is 2.63. The average molecular weight is 228 g/mol. The van der Waals surface area contributed by atoms with E-state index in [-0.39, 0.29) is 6.10 Å². The van der Waals surface area contributed by atoms with Crippen molar-refractivity contribution in [3.05, 3.63) is 0 Å². The highest BCUT2D eigenvalue weighted by molar-refractivity contribution is 4.77. The van der Waals surface area contributed by atoms with Crippen molar-refractivity contribution in [1.82, 2.24) is 10.2 Å². The fraction of sp³-hybridized carbons (Fsp3) is 1.00. The quantitative estimate of drug-likeness (QED) is 0.695. The molecule has 0 radical (unpaired) electrons. The monoisotopic (exact) mass is 228 g/mol. The lowest BCUT2D eigenvalue weighted by molar-refractivity contribution is 0.0768. The molecule has 1 fully saturated rings. The molecule has 96 valence electrons. The summed E-state index contributed by atoms with van der Waals surface area (Å²) in [6.07, 6.45) is 6.55. The second-order valence-electron chi connectivity index (χ2n) is 4.84. The average Bonchev–Trinajstić information content (AvgIpc) is 2.34. The highest BCUT2D eigenvalue weighted by Gasteiger charge is 2.21. The van der Waals surface area contributed by atoms with Crippen LogP contribution in [0.5, 0.6) is 0 Å². The zero-order valence-electron chi connectivity index (χ0n) is 10.9. The molecular formula is C13H28N2O. The van der Waals surface area contributed by atoms with Crippen LogP contribution >= 0.6 is 0 Å². The molecule has 1 aliphatic carbocycles. The van der Waals surface area contributed by atoms with Crippen molar-refractivity contribution >= 4 is 0 Å². The van der Waals surface area contributed by atoms with Crippen LogP contribution in [0.15, 0.2) is 0 Å². The Bertz CT molecular complexity index is 169. The number of hydrogen-bond acceptors (Lipinski definition) is 3. The van der Waals surface area contributed by atoms with Gasteiger partial charge in [0.1, 0.15) is 0 Å². The van der Waals surface area contributed by atoms with E-state index in [4.69, 9.17) is 0 Å². The van der Waals surface area contributed by atoms with Crippen LogP contribution in [0.25, 0.3) is 0 Å². The van der Waals surface area contributed by atoms with Gasteiger partial charge in [-0.1, -0.05) is 33.1 Å². The van der Waals surface area contributed by atoms with E-state index in [9.17, 15) is 5.11 Å². The highest BCUT2D eigenvalue weighted by atomic mass is 16.3. The van der Waals surface area contributed by atoms with Crippen LogP contribution in [0.1, 0.15) is 46.0 Å². The van der Waals surface area contributed by atoms with E-state index in [1.54, 1.807) is 0 Å². The first-order valence-corrected chi connectivity index (χ1v) is 6.90. The lowest BCUT2D eigenvalue weighted by atomic mass is 9.94. The molecule has 1 unspecified atom stereocenters. The molecule has 3 nitrogen and oxygen atoms in total. The molecule has 16 heavy (non-hydrogen) atoms. The summed E-state index contributed by atoms with van der Waals surface area (Å²) in [5, 5.41) is 13.1. The highest BCUT2D eigenvalue weighted by Crippen LogP contribution is 2.22. The van der Waals surface area contributed by atoms with E-state index >= 15 is 0 Å². The molecule has 1 rings (SSSR count). The molecular weight excluding hydrogens is 200 g/mol. The minimum absolute atomic E-state index is 0.221. The Labute approximate surface area is 100 Å². The summed E-state index contributed by atoms with van der Waals surface area (Å²) in [5.41, 5.74) is 0. The fourth-order valence-corrected chi connectivity index (χ4v) is 2.63. The van der Waals surface area contributed by atoms with E-state index in [0.717, 1.165) is 32.2 Å². The second-order valence-corrected chi connectivity index (χ2v) is 4.84. The number of aliphatic hydroxyl groups is 1. The smallest absolute Gasteiger partial charge is 0.0791 e. The van der Waals surface area contributed by atoms with Gasteiger partial charge in [-0.15, -0.1) is 0 Å². The molecule has 1 saturated carbocycles. The van der Waals surface area contributed by atoms with Gasteiger partial charge in [0.05, 0.1) is 6.10 Å². The van der Waals surface area contributed by atoms with Crippen LogP contribution in [0, 0.1) is 0 Å². The van der Waals surface area contributed by atoms with E-state index in [2.05, 4.69) is 24.1 Å². The zero-order valence-corrected chi connectivity index (χ0v) is 10.9. The van der Waals surface area contributed by atoms with Crippen molar-refractivity contribution < 1.29 is 5.11 Å². The summed E-state index contributed by atoms with van der Waals surface area (Å²) in [7, 11) is 0. The van der Waals surface area contributed by atoms with E-state index < -0.39 is 0 Å². The van der Waals surface area contributed by atoms with Crippen molar-refractivity contribution in [2.24, 2.45) is 0 Å². The summed E-state index contributed by atoms with van der Waals surface area (Å²) < 4.78 is 0. The number of hydrogen-bond donors (Lipinski definition) is 2. The predicted molar refractivity (Wildman–Crippen MR) is 68.7 cm³/mol. The molecule has 0 bridgehead atoms. The number of aliphatic hydroxyl groups excluding tert-OH is 1. The van der Waals surface area contributed by atoms with Gasteiger partial charge in [0.15, 0.2) is 0 Å². The van der Waals surface area contributed by atoms with Gasteiger partial charge in [0, 0.05) is 19.1 Å². The van der Waals surface area contributed by atoms with Crippen molar-refractivity contribution in [2.45, 2.75) is 58.1 Å². The maximum atomic E-state index is 9.91. The molecule has 0 aromatic heterocycles. The third-order valence-corrected chi connectivity index (χ3v) is 3.57. The third-order valence-electron chi connectivity index (χ3n) is 3.57. The second kappa shape index (κ2) is 8.04. The van der Waals surface area contributed by atoms with Gasteiger partial charge >= 0.3 is 0 Å². The summed E-state index contributed by atoms with van der Waals surface area (Å²) in [6.45, 7) is 7.83. The largest absolute Gasteiger partial charge is 0.390 e. The first-order valence-electron chi connectivity index (χ1n) is 6.90. The van der Waals surface area contributed by atoms with E-state index in [0.29, 0.717) is 0 Å². The first-order chi connectivity index (χ1) is 7.77. The van der Waals surface area contributed by atoms with Crippen molar-refractivity contribution in [2.75, 3.05) is 26.2 Å². The standard InChI is InChI=1S/C13H28N2O/c1-3-14-10-13(16)11-15(4-2)12-8-6-5-7-9-12/h12-14,16H,3-11H2,1-2H3. The third kappa shape index (κ3) is 4.81. The molecule has 0 spiro atoms. The SMILES string of the molecule is CCNCC(O)CN(CC)C1CCCCC1. The summed E-state index contributed by atoms with van der Waals surface area (Å²) >= 11 is 0. The van der Waals surface area contributed by atoms with Gasteiger partial charge in [-0.25, -0.2) is 0 Å². The van der Waals surface area contributed by atoms with Crippen molar-refractivity contribution in [3.8, 4) is 0 Å². The maximum Gasteiger partial charge on any atom is 0.0791 e. The van der Waals surface area contributed by atoms with E-state index in [1.165, 1.54) is 32.1 Å². The molecule has 0 aromatic carbocycles. The van der Waals surface area contributed by atoms with Gasteiger partial charge in [-0.2, -0.15) is 0 Å². The Kier molecular flexibility index (Phi) is 7.01. The van der Waals surface area contributed by atoms with Gasteiger partial charge in [-0.3, -0.25) is 4.90 Å². The predicted octanol–water partition coefficient (Wildman–Crippen LogP) is 1.61. The molecule has 1 aliphatic rings. The Morgan fingerprint density at radius 2 is 1.94 bits per heavy atom. The van der Waals surface area contributed by atoms with Crippen LogP contribution in [0.3, 0.4) is 0 Å². The zero-order chi connectivity index (χ0) is 11.8. The van der Waals surface area contributed by atoms with Crippen LogP contribution in [-0.4, -0.2) is 48.3 Å². The Morgan fingerprint density at radius 3 is 2.50 bits per heavy atom. The van der Waals surface area contributed by atoms with Crippen LogP contribution in [0.4, 0.5) is 0 Å². The summed E-state index contributed by atoms with van der Waals surface area (Å²) in [5.74, 6) is 0. The van der Waals surface area contributed by atoms with Gasteiger partial charge in [-0.05, 0) is 25.9 Å². The first kappa shape index (κ1) is 13.9. The minimum Gasteiger partial charge on any atom is -0.390 e. The number of nitrogens with zero attached hydrogens (tertiary/aromatic N) is 1. The maximum absolute atomic E-state index is 9.91. The molecule has 0 aliphatic heterocycles. The number of nitrogens with one attached hydrogen (secondary N) is 1. The van der Waals surface area contributed by atoms with Crippen molar-refractivity contribution in [1.29, 1.82) is 0 Å². The Balaban J connectivity index is 2.29. The summed E-state index contributed by atoms with van der Waals surface area (Å²) in [6, 6.07) is 0.718. The lowest BCUT2D eigenvalue weighted by Gasteiger charge is -2.34. The topological polar surface area (TPSA) is 35.5 Å². The Hall–Kier alpha value is -0.120. The molecule has 3 heteroatoms.